The Morgan fingerprint density at radius 3 is 1.91 bits per heavy atom. The van der Waals surface area contributed by atoms with Gasteiger partial charge in [-0.15, -0.1) is 0 Å². The molecular weight excluding hydrogens is 422 g/mol. The van der Waals surface area contributed by atoms with Crippen LogP contribution in [0, 0.1) is 23.0 Å². The summed E-state index contributed by atoms with van der Waals surface area (Å²) in [4.78, 5) is 16.3. The summed E-state index contributed by atoms with van der Waals surface area (Å²) in [6.07, 6.45) is 1.41. The van der Waals surface area contributed by atoms with Crippen LogP contribution < -0.4 is 0 Å². The molecule has 4 rings (SSSR count). The minimum Gasteiger partial charge on any atom is -0.446 e. The minimum atomic E-state index is -1.39. The number of nitrogens with zero attached hydrogens (tertiary/aromatic N) is 2. The third-order valence-corrected chi connectivity index (χ3v) is 5.44. The highest BCUT2D eigenvalue weighted by molar-refractivity contribution is 5.87. The highest BCUT2D eigenvalue weighted by Gasteiger charge is 2.42. The van der Waals surface area contributed by atoms with E-state index in [2.05, 4.69) is 4.98 Å². The first-order chi connectivity index (χ1) is 16.1. The fraction of sp³-hybridized carbons (Fsp3) is 0.0741. The van der Waals surface area contributed by atoms with Crippen molar-refractivity contribution in [1.29, 1.82) is 5.26 Å². The molecule has 0 saturated carbocycles. The van der Waals surface area contributed by atoms with Crippen molar-refractivity contribution in [2.75, 3.05) is 6.61 Å². The lowest BCUT2D eigenvalue weighted by atomic mass is 9.65. The van der Waals surface area contributed by atoms with E-state index in [-0.39, 0.29) is 16.8 Å². The number of esters is 1. The molecule has 162 valence electrons. The van der Waals surface area contributed by atoms with E-state index in [0.717, 1.165) is 0 Å². The lowest BCUT2D eigenvalue weighted by molar-refractivity contribution is 0.0548. The Balaban J connectivity index is 2.03. The molecule has 0 atom stereocenters. The summed E-state index contributed by atoms with van der Waals surface area (Å²) in [5.74, 6) is -1.78. The average Bonchev–Trinajstić information content (AvgIpc) is 2.86. The SMILES string of the molecule is N#CCOC(=O)c1ccc(C(c2ccccc2)(c2ccccc2F)c2ccccc2F)cn1. The van der Waals surface area contributed by atoms with Gasteiger partial charge in [0, 0.05) is 17.3 Å². The fourth-order valence-electron chi connectivity index (χ4n) is 4.06. The van der Waals surface area contributed by atoms with E-state index >= 15 is 8.78 Å². The number of hydrogen-bond acceptors (Lipinski definition) is 4. The molecule has 0 aliphatic heterocycles. The molecule has 4 aromatic rings. The maximum atomic E-state index is 15.4. The van der Waals surface area contributed by atoms with E-state index in [0.29, 0.717) is 11.1 Å². The Bertz CT molecular complexity index is 1270. The third-order valence-electron chi connectivity index (χ3n) is 5.44. The van der Waals surface area contributed by atoms with Crippen LogP contribution in [0.15, 0.2) is 97.2 Å². The molecular formula is C27H18F2N2O2. The van der Waals surface area contributed by atoms with Crippen molar-refractivity contribution in [3.05, 3.63) is 137 Å². The van der Waals surface area contributed by atoms with Gasteiger partial charge in [-0.2, -0.15) is 5.26 Å². The van der Waals surface area contributed by atoms with Crippen LogP contribution in [0.25, 0.3) is 0 Å². The summed E-state index contributed by atoms with van der Waals surface area (Å²) < 4.78 is 35.6. The van der Waals surface area contributed by atoms with Gasteiger partial charge in [0.1, 0.15) is 23.4 Å². The van der Waals surface area contributed by atoms with Crippen molar-refractivity contribution < 1.29 is 18.3 Å². The number of nitriles is 1. The summed E-state index contributed by atoms with van der Waals surface area (Å²) in [5.41, 5.74) is 0.159. The number of ether oxygens (including phenoxy) is 1. The summed E-state index contributed by atoms with van der Waals surface area (Å²) in [5, 5.41) is 8.62. The molecule has 0 aliphatic carbocycles. The predicted octanol–water partition coefficient (Wildman–Crippen LogP) is 5.42. The molecule has 0 radical (unpaired) electrons. The fourth-order valence-corrected chi connectivity index (χ4v) is 4.06. The average molecular weight is 440 g/mol. The van der Waals surface area contributed by atoms with Crippen molar-refractivity contribution in [3.8, 4) is 6.07 Å². The van der Waals surface area contributed by atoms with Crippen LogP contribution in [0.3, 0.4) is 0 Å². The van der Waals surface area contributed by atoms with Gasteiger partial charge in [-0.05, 0) is 29.3 Å². The van der Waals surface area contributed by atoms with E-state index < -0.39 is 29.6 Å². The van der Waals surface area contributed by atoms with Gasteiger partial charge >= 0.3 is 5.97 Å². The first-order valence-corrected chi connectivity index (χ1v) is 10.1. The molecule has 0 spiro atoms. The zero-order valence-corrected chi connectivity index (χ0v) is 17.4. The van der Waals surface area contributed by atoms with Crippen LogP contribution in [-0.4, -0.2) is 17.6 Å². The monoisotopic (exact) mass is 440 g/mol. The number of carbonyl (C=O) groups is 1. The summed E-state index contributed by atoms with van der Waals surface area (Å²) in [6.45, 7) is -0.402. The van der Waals surface area contributed by atoms with Crippen LogP contribution in [-0.2, 0) is 10.2 Å². The molecule has 0 unspecified atom stereocenters. The first kappa shape index (κ1) is 21.8. The second-order valence-electron chi connectivity index (χ2n) is 7.24. The molecule has 0 saturated heterocycles. The molecule has 3 aromatic carbocycles. The van der Waals surface area contributed by atoms with Gasteiger partial charge < -0.3 is 4.74 Å². The van der Waals surface area contributed by atoms with E-state index in [1.165, 1.54) is 24.4 Å². The standard InChI is InChI=1S/C27H18F2N2O2/c28-23-12-6-4-10-21(23)27(19-8-2-1-3-9-19,22-11-5-7-13-24(22)29)20-14-15-25(31-18-20)26(32)33-17-16-30/h1-15,18H,17H2. The predicted molar refractivity (Wildman–Crippen MR) is 118 cm³/mol. The highest BCUT2D eigenvalue weighted by Crippen LogP contribution is 2.46. The normalized spacial score (nSPS) is 10.9. The molecule has 4 nitrogen and oxygen atoms in total. The Labute approximate surface area is 189 Å². The number of benzene rings is 3. The van der Waals surface area contributed by atoms with E-state index in [1.54, 1.807) is 72.8 Å². The largest absolute Gasteiger partial charge is 0.446 e. The zero-order valence-electron chi connectivity index (χ0n) is 17.4. The molecule has 0 amide bonds. The van der Waals surface area contributed by atoms with Gasteiger partial charge in [0.05, 0.1) is 5.41 Å². The Kier molecular flexibility index (Phi) is 6.23. The molecule has 0 aliphatic rings. The Morgan fingerprint density at radius 1 is 0.818 bits per heavy atom. The quantitative estimate of drug-likeness (QED) is 0.297. The van der Waals surface area contributed by atoms with Crippen molar-refractivity contribution in [2.24, 2.45) is 0 Å². The van der Waals surface area contributed by atoms with Gasteiger partial charge in [-0.25, -0.2) is 18.6 Å². The number of halogens is 2. The van der Waals surface area contributed by atoms with Crippen LogP contribution in [0.5, 0.6) is 0 Å². The number of hydrogen-bond donors (Lipinski definition) is 0. The molecule has 0 bridgehead atoms. The third kappa shape index (κ3) is 3.97. The van der Waals surface area contributed by atoms with E-state index in [1.807, 2.05) is 6.07 Å². The molecule has 0 N–H and O–H groups in total. The van der Waals surface area contributed by atoms with E-state index in [9.17, 15) is 4.79 Å². The van der Waals surface area contributed by atoms with Crippen molar-refractivity contribution in [1.82, 2.24) is 4.98 Å². The first-order valence-electron chi connectivity index (χ1n) is 10.1. The maximum absolute atomic E-state index is 15.4. The summed E-state index contributed by atoms with van der Waals surface area (Å²) >= 11 is 0. The highest BCUT2D eigenvalue weighted by atomic mass is 19.1. The van der Waals surface area contributed by atoms with Crippen LogP contribution in [0.2, 0.25) is 0 Å². The zero-order chi connectivity index (χ0) is 23.3. The molecule has 6 heteroatoms. The lowest BCUT2D eigenvalue weighted by Gasteiger charge is -2.36. The van der Waals surface area contributed by atoms with Crippen LogP contribution in [0.4, 0.5) is 8.78 Å². The van der Waals surface area contributed by atoms with Gasteiger partial charge in [0.25, 0.3) is 0 Å². The summed E-state index contributed by atoms with van der Waals surface area (Å²) in [7, 11) is 0. The van der Waals surface area contributed by atoms with Crippen LogP contribution >= 0.6 is 0 Å². The number of rotatable bonds is 6. The smallest absolute Gasteiger partial charge is 0.357 e. The topological polar surface area (TPSA) is 63.0 Å². The lowest BCUT2D eigenvalue weighted by Crippen LogP contribution is -2.33. The summed E-state index contributed by atoms with van der Waals surface area (Å²) in [6, 6.07) is 26.2. The maximum Gasteiger partial charge on any atom is 0.357 e. The molecule has 0 fully saturated rings. The Hall–Kier alpha value is -4.37. The van der Waals surface area contributed by atoms with E-state index in [4.69, 9.17) is 10.00 Å². The van der Waals surface area contributed by atoms with Gasteiger partial charge in [-0.3, -0.25) is 0 Å². The molecule has 1 heterocycles. The van der Waals surface area contributed by atoms with Gasteiger partial charge in [0.15, 0.2) is 6.61 Å². The molecule has 1 aromatic heterocycles. The van der Waals surface area contributed by atoms with Crippen molar-refractivity contribution in [3.63, 3.8) is 0 Å². The number of aromatic nitrogens is 1. The molecule has 33 heavy (non-hydrogen) atoms. The second kappa shape index (κ2) is 9.41. The number of pyridine rings is 1. The van der Waals surface area contributed by atoms with Crippen molar-refractivity contribution in [2.45, 2.75) is 5.41 Å². The minimum absolute atomic E-state index is 0.0157. The second-order valence-corrected chi connectivity index (χ2v) is 7.24. The van der Waals surface area contributed by atoms with Crippen molar-refractivity contribution >= 4 is 5.97 Å². The number of carbonyl (C=O) groups excluding carboxylic acids is 1. The Morgan fingerprint density at radius 2 is 1.39 bits per heavy atom. The van der Waals surface area contributed by atoms with Gasteiger partial charge in [-0.1, -0.05) is 72.8 Å². The van der Waals surface area contributed by atoms with Gasteiger partial charge in [0.2, 0.25) is 0 Å². The van der Waals surface area contributed by atoms with Crippen LogP contribution in [0.1, 0.15) is 32.7 Å².